The highest BCUT2D eigenvalue weighted by Gasteiger charge is 2.23. The van der Waals surface area contributed by atoms with Crippen molar-refractivity contribution >= 4 is 28.9 Å². The normalized spacial score (nSPS) is 17.5. The number of nitrogens with one attached hydrogen (secondary N) is 1. The fourth-order valence-corrected chi connectivity index (χ4v) is 2.97. The first-order valence-corrected chi connectivity index (χ1v) is 7.95. The number of anilines is 1. The SMILES string of the molecule is OCCn1cc(NC2CCCOc3c2ccc(Cl)c3Cl)cn1. The summed E-state index contributed by atoms with van der Waals surface area (Å²) in [4.78, 5) is 0. The predicted octanol–water partition coefficient (Wildman–Crippen LogP) is 3.51. The van der Waals surface area contributed by atoms with Crippen LogP contribution in [0, 0.1) is 0 Å². The molecule has 3 rings (SSSR count). The summed E-state index contributed by atoms with van der Waals surface area (Å²) in [5.41, 5.74) is 1.90. The summed E-state index contributed by atoms with van der Waals surface area (Å²) < 4.78 is 7.46. The molecule has 22 heavy (non-hydrogen) atoms. The Bertz CT molecular complexity index is 660. The van der Waals surface area contributed by atoms with Crippen LogP contribution in [0.2, 0.25) is 10.0 Å². The number of hydrogen-bond acceptors (Lipinski definition) is 4. The summed E-state index contributed by atoms with van der Waals surface area (Å²) in [6.45, 7) is 1.16. The molecule has 0 amide bonds. The lowest BCUT2D eigenvalue weighted by Gasteiger charge is -2.19. The van der Waals surface area contributed by atoms with E-state index in [2.05, 4.69) is 10.4 Å². The molecule has 1 aliphatic heterocycles. The molecule has 7 heteroatoms. The van der Waals surface area contributed by atoms with E-state index in [1.165, 1.54) is 0 Å². The Morgan fingerprint density at radius 3 is 3.09 bits per heavy atom. The molecule has 2 N–H and O–H groups in total. The highest BCUT2D eigenvalue weighted by atomic mass is 35.5. The zero-order valence-electron chi connectivity index (χ0n) is 11.9. The van der Waals surface area contributed by atoms with E-state index in [1.807, 2.05) is 12.3 Å². The van der Waals surface area contributed by atoms with E-state index in [-0.39, 0.29) is 12.6 Å². The number of hydrogen-bond donors (Lipinski definition) is 2. The Labute approximate surface area is 138 Å². The highest BCUT2D eigenvalue weighted by Crippen LogP contribution is 2.41. The van der Waals surface area contributed by atoms with Crippen LogP contribution in [0.1, 0.15) is 24.4 Å². The Hall–Kier alpha value is -1.43. The van der Waals surface area contributed by atoms with E-state index < -0.39 is 0 Å². The van der Waals surface area contributed by atoms with Crippen LogP contribution in [0.3, 0.4) is 0 Å². The third-order valence-electron chi connectivity index (χ3n) is 3.64. The van der Waals surface area contributed by atoms with Crippen molar-refractivity contribution in [3.63, 3.8) is 0 Å². The number of ether oxygens (including phenoxy) is 1. The second-order valence-corrected chi connectivity index (χ2v) is 5.97. The first kappa shape index (κ1) is 15.5. The third-order valence-corrected chi connectivity index (χ3v) is 4.43. The van der Waals surface area contributed by atoms with Gasteiger partial charge in [-0.1, -0.05) is 29.3 Å². The van der Waals surface area contributed by atoms with Gasteiger partial charge in [0.15, 0.2) is 0 Å². The molecule has 0 spiro atoms. The van der Waals surface area contributed by atoms with E-state index in [0.717, 1.165) is 24.1 Å². The molecule has 0 fully saturated rings. The van der Waals surface area contributed by atoms with Crippen LogP contribution in [0.25, 0.3) is 0 Å². The second-order valence-electron chi connectivity index (χ2n) is 5.18. The van der Waals surface area contributed by atoms with Crippen LogP contribution >= 0.6 is 23.2 Å². The Balaban J connectivity index is 1.86. The predicted molar refractivity (Wildman–Crippen MR) is 86.9 cm³/mol. The molecule has 0 aliphatic carbocycles. The minimum Gasteiger partial charge on any atom is -0.492 e. The molecule has 2 aromatic rings. The minimum atomic E-state index is 0.0648. The summed E-state index contributed by atoms with van der Waals surface area (Å²) >= 11 is 12.3. The zero-order chi connectivity index (χ0) is 15.5. The van der Waals surface area contributed by atoms with E-state index >= 15 is 0 Å². The van der Waals surface area contributed by atoms with E-state index in [9.17, 15) is 0 Å². The molecule has 2 heterocycles. The standard InChI is InChI=1S/C15H17Cl2N3O2/c16-12-4-3-11-13(2-1-7-22-15(11)14(12)17)19-10-8-18-20(9-10)5-6-21/h3-4,8-9,13,19,21H,1-2,5-7H2. The van der Waals surface area contributed by atoms with Gasteiger partial charge in [0.2, 0.25) is 0 Å². The van der Waals surface area contributed by atoms with Gasteiger partial charge in [0.05, 0.1) is 42.7 Å². The van der Waals surface area contributed by atoms with Gasteiger partial charge in [-0.2, -0.15) is 5.10 Å². The van der Waals surface area contributed by atoms with Crippen molar-refractivity contribution in [3.05, 3.63) is 40.1 Å². The molecular weight excluding hydrogens is 325 g/mol. The lowest BCUT2D eigenvalue weighted by atomic mass is 10.0. The highest BCUT2D eigenvalue weighted by molar-refractivity contribution is 6.43. The summed E-state index contributed by atoms with van der Waals surface area (Å²) in [5, 5.41) is 17.6. The molecule has 0 saturated heterocycles. The summed E-state index contributed by atoms with van der Waals surface area (Å²) in [7, 11) is 0. The maximum atomic E-state index is 8.95. The number of aliphatic hydroxyl groups excluding tert-OH is 1. The number of rotatable bonds is 4. The molecule has 0 bridgehead atoms. The largest absolute Gasteiger partial charge is 0.492 e. The maximum Gasteiger partial charge on any atom is 0.144 e. The van der Waals surface area contributed by atoms with Gasteiger partial charge in [-0.05, 0) is 18.9 Å². The van der Waals surface area contributed by atoms with Crippen molar-refractivity contribution in [2.75, 3.05) is 18.5 Å². The average molecular weight is 342 g/mol. The van der Waals surface area contributed by atoms with Gasteiger partial charge in [0.25, 0.3) is 0 Å². The van der Waals surface area contributed by atoms with Crippen LogP contribution in [0.15, 0.2) is 24.5 Å². The van der Waals surface area contributed by atoms with Crippen molar-refractivity contribution in [2.24, 2.45) is 0 Å². The molecule has 5 nitrogen and oxygen atoms in total. The Kier molecular flexibility index (Phi) is 4.76. The van der Waals surface area contributed by atoms with Gasteiger partial charge in [-0.25, -0.2) is 0 Å². The molecule has 1 unspecified atom stereocenters. The number of halogens is 2. The lowest BCUT2D eigenvalue weighted by Crippen LogP contribution is -2.10. The maximum absolute atomic E-state index is 8.95. The van der Waals surface area contributed by atoms with Crippen LogP contribution in [0.5, 0.6) is 5.75 Å². The van der Waals surface area contributed by atoms with E-state index in [1.54, 1.807) is 16.9 Å². The Morgan fingerprint density at radius 1 is 1.41 bits per heavy atom. The fraction of sp³-hybridized carbons (Fsp3) is 0.400. The van der Waals surface area contributed by atoms with Crippen LogP contribution in [0.4, 0.5) is 5.69 Å². The van der Waals surface area contributed by atoms with Gasteiger partial charge in [-0.15, -0.1) is 0 Å². The topological polar surface area (TPSA) is 59.3 Å². The van der Waals surface area contributed by atoms with E-state index in [4.69, 9.17) is 33.0 Å². The van der Waals surface area contributed by atoms with Crippen molar-refractivity contribution < 1.29 is 9.84 Å². The number of aromatic nitrogens is 2. The van der Waals surface area contributed by atoms with Crippen molar-refractivity contribution in [2.45, 2.75) is 25.4 Å². The number of aliphatic hydroxyl groups is 1. The van der Waals surface area contributed by atoms with Gasteiger partial charge in [-0.3, -0.25) is 4.68 Å². The van der Waals surface area contributed by atoms with Crippen LogP contribution in [-0.2, 0) is 6.54 Å². The third kappa shape index (κ3) is 3.16. The molecule has 1 aromatic carbocycles. The minimum absolute atomic E-state index is 0.0648. The second kappa shape index (κ2) is 6.77. The summed E-state index contributed by atoms with van der Waals surface area (Å²) in [5.74, 6) is 0.659. The molecule has 1 atom stereocenters. The van der Waals surface area contributed by atoms with Crippen molar-refractivity contribution in [3.8, 4) is 5.75 Å². The monoisotopic (exact) mass is 341 g/mol. The fourth-order valence-electron chi connectivity index (χ4n) is 2.60. The van der Waals surface area contributed by atoms with Crippen molar-refractivity contribution in [1.82, 2.24) is 9.78 Å². The van der Waals surface area contributed by atoms with Gasteiger partial charge >= 0.3 is 0 Å². The molecule has 0 saturated carbocycles. The summed E-state index contributed by atoms with van der Waals surface area (Å²) in [6, 6.07) is 3.82. The zero-order valence-corrected chi connectivity index (χ0v) is 13.4. The first-order chi connectivity index (χ1) is 10.7. The first-order valence-electron chi connectivity index (χ1n) is 7.19. The van der Waals surface area contributed by atoms with Gasteiger partial charge in [0.1, 0.15) is 10.8 Å². The molecular formula is C15H17Cl2N3O2. The van der Waals surface area contributed by atoms with Crippen molar-refractivity contribution in [1.29, 1.82) is 0 Å². The molecule has 118 valence electrons. The lowest BCUT2D eigenvalue weighted by molar-refractivity contribution is 0.269. The number of fused-ring (bicyclic) bond motifs is 1. The summed E-state index contributed by atoms with van der Waals surface area (Å²) in [6.07, 6.45) is 5.47. The van der Waals surface area contributed by atoms with Gasteiger partial charge < -0.3 is 15.2 Å². The van der Waals surface area contributed by atoms with E-state index in [0.29, 0.717) is 28.9 Å². The number of nitrogens with zero attached hydrogens (tertiary/aromatic N) is 2. The average Bonchev–Trinajstić information content (AvgIpc) is 2.84. The molecule has 1 aliphatic rings. The number of benzene rings is 1. The quantitative estimate of drug-likeness (QED) is 0.893. The molecule has 1 aromatic heterocycles. The smallest absolute Gasteiger partial charge is 0.144 e. The van der Waals surface area contributed by atoms with Crippen LogP contribution in [-0.4, -0.2) is 28.1 Å². The van der Waals surface area contributed by atoms with Crippen LogP contribution < -0.4 is 10.1 Å². The van der Waals surface area contributed by atoms with Gasteiger partial charge in [0, 0.05) is 11.8 Å². The Morgan fingerprint density at radius 2 is 2.27 bits per heavy atom. The molecule has 0 radical (unpaired) electrons.